The number of hydrogen-bond acceptors (Lipinski definition) is 2. The van der Waals surface area contributed by atoms with Gasteiger partial charge in [-0.25, -0.2) is 4.98 Å². The van der Waals surface area contributed by atoms with E-state index in [9.17, 15) is 0 Å². The predicted octanol–water partition coefficient (Wildman–Crippen LogP) is 2.70. The summed E-state index contributed by atoms with van der Waals surface area (Å²) < 4.78 is 8.14. The minimum Gasteiger partial charge on any atom is -0.253 e. The Bertz CT molecular complexity index is 445. The van der Waals surface area contributed by atoms with Gasteiger partial charge in [0.25, 0.3) is 0 Å². The van der Waals surface area contributed by atoms with E-state index in [-0.39, 0.29) is 6.90 Å². The third-order valence-electron chi connectivity index (χ3n) is 1.55. The number of aryl methyl sites for hydroxylation is 1. The SMILES string of the molecule is [2H]Cc1cnc2ccc(Br)cc2n1. The molecule has 0 aliphatic rings. The molecule has 60 valence electrons. The lowest BCUT2D eigenvalue weighted by Gasteiger charge is -1.97. The average Bonchev–Trinajstić information content (AvgIpc) is 2.16. The number of fused-ring (bicyclic) bond motifs is 1. The molecule has 0 unspecified atom stereocenters. The highest BCUT2D eigenvalue weighted by molar-refractivity contribution is 9.10. The summed E-state index contributed by atoms with van der Waals surface area (Å²) in [7, 11) is 0. The lowest BCUT2D eigenvalue weighted by molar-refractivity contribution is 1.18. The van der Waals surface area contributed by atoms with E-state index in [1.807, 2.05) is 18.2 Å². The standard InChI is InChI=1S/C9H7BrN2/c1-6-5-11-8-3-2-7(10)4-9(8)12-6/h2-5H,1H3/i1D. The van der Waals surface area contributed by atoms with Crippen molar-refractivity contribution < 1.29 is 1.37 Å². The van der Waals surface area contributed by atoms with Crippen LogP contribution in [0.1, 0.15) is 7.06 Å². The van der Waals surface area contributed by atoms with E-state index in [4.69, 9.17) is 1.37 Å². The van der Waals surface area contributed by atoms with Crippen LogP contribution < -0.4 is 0 Å². The molecule has 0 saturated carbocycles. The molecular formula is C9H7BrN2. The van der Waals surface area contributed by atoms with Crippen LogP contribution in [0.15, 0.2) is 28.9 Å². The van der Waals surface area contributed by atoms with Gasteiger partial charge < -0.3 is 0 Å². The van der Waals surface area contributed by atoms with E-state index < -0.39 is 0 Å². The van der Waals surface area contributed by atoms with Crippen LogP contribution in [-0.2, 0) is 0 Å². The fourth-order valence-corrected chi connectivity index (χ4v) is 1.37. The quantitative estimate of drug-likeness (QED) is 0.687. The molecule has 3 heteroatoms. The largest absolute Gasteiger partial charge is 0.253 e. The molecule has 2 nitrogen and oxygen atoms in total. The molecule has 0 aliphatic heterocycles. The van der Waals surface area contributed by atoms with Gasteiger partial charge in [-0.3, -0.25) is 4.98 Å². The molecule has 1 aromatic heterocycles. The van der Waals surface area contributed by atoms with E-state index in [1.54, 1.807) is 6.20 Å². The first kappa shape index (κ1) is 6.54. The van der Waals surface area contributed by atoms with Crippen LogP contribution in [0.25, 0.3) is 11.0 Å². The van der Waals surface area contributed by atoms with Gasteiger partial charge in [-0.05, 0) is 25.1 Å². The van der Waals surface area contributed by atoms with Gasteiger partial charge >= 0.3 is 0 Å². The molecule has 0 radical (unpaired) electrons. The molecule has 0 spiro atoms. The van der Waals surface area contributed by atoms with E-state index in [1.165, 1.54) is 0 Å². The molecule has 0 amide bonds. The highest BCUT2D eigenvalue weighted by Gasteiger charge is 1.96. The first-order chi connectivity index (χ1) is 6.29. The maximum Gasteiger partial charge on any atom is 0.0901 e. The van der Waals surface area contributed by atoms with Crippen LogP contribution in [0.2, 0.25) is 0 Å². The number of rotatable bonds is 0. The zero-order chi connectivity index (χ0) is 9.26. The molecule has 0 atom stereocenters. The van der Waals surface area contributed by atoms with Crippen molar-refractivity contribution in [3.8, 4) is 0 Å². The van der Waals surface area contributed by atoms with Crippen molar-refractivity contribution in [2.45, 2.75) is 6.90 Å². The summed E-state index contributed by atoms with van der Waals surface area (Å²) in [5.41, 5.74) is 2.39. The van der Waals surface area contributed by atoms with Gasteiger partial charge in [-0.15, -0.1) is 0 Å². The van der Waals surface area contributed by atoms with Gasteiger partial charge in [-0.2, -0.15) is 0 Å². The van der Waals surface area contributed by atoms with Crippen LogP contribution in [0, 0.1) is 6.90 Å². The molecule has 0 aliphatic carbocycles. The Kier molecular flexibility index (Phi) is 1.54. The fraction of sp³-hybridized carbons (Fsp3) is 0.111. The summed E-state index contributed by atoms with van der Waals surface area (Å²) >= 11 is 3.36. The van der Waals surface area contributed by atoms with Crippen molar-refractivity contribution in [1.82, 2.24) is 9.97 Å². The third-order valence-corrected chi connectivity index (χ3v) is 2.05. The van der Waals surface area contributed by atoms with Crippen molar-refractivity contribution >= 4 is 27.0 Å². The average molecular weight is 224 g/mol. The Morgan fingerprint density at radius 2 is 2.33 bits per heavy atom. The van der Waals surface area contributed by atoms with Gasteiger partial charge in [0, 0.05) is 12.0 Å². The molecule has 0 saturated heterocycles. The minimum absolute atomic E-state index is 0.176. The second-order valence-corrected chi connectivity index (χ2v) is 3.41. The Labute approximate surface area is 80.2 Å². The third kappa shape index (κ3) is 1.32. The van der Waals surface area contributed by atoms with Crippen molar-refractivity contribution in [2.24, 2.45) is 0 Å². The van der Waals surface area contributed by atoms with Crippen LogP contribution in [-0.4, -0.2) is 9.97 Å². The Balaban J connectivity index is 2.68. The van der Waals surface area contributed by atoms with E-state index in [2.05, 4.69) is 25.9 Å². The smallest absolute Gasteiger partial charge is 0.0901 e. The first-order valence-corrected chi connectivity index (χ1v) is 4.29. The number of halogens is 1. The molecule has 0 fully saturated rings. The highest BCUT2D eigenvalue weighted by Crippen LogP contribution is 2.15. The summed E-state index contributed by atoms with van der Waals surface area (Å²) in [5, 5.41) is 0. The number of hydrogen-bond donors (Lipinski definition) is 0. The van der Waals surface area contributed by atoms with Crippen LogP contribution >= 0.6 is 15.9 Å². The summed E-state index contributed by atoms with van der Waals surface area (Å²) in [4.78, 5) is 8.46. The maximum atomic E-state index is 7.16. The van der Waals surface area contributed by atoms with Gasteiger partial charge in [0.2, 0.25) is 0 Å². The summed E-state index contributed by atoms with van der Waals surface area (Å²) in [6, 6.07) is 5.74. The maximum absolute atomic E-state index is 7.16. The van der Waals surface area contributed by atoms with Crippen molar-refractivity contribution in [1.29, 1.82) is 0 Å². The van der Waals surface area contributed by atoms with Gasteiger partial charge in [0.1, 0.15) is 0 Å². The van der Waals surface area contributed by atoms with Crippen molar-refractivity contribution in [3.05, 3.63) is 34.6 Å². The Morgan fingerprint density at radius 1 is 1.42 bits per heavy atom. The lowest BCUT2D eigenvalue weighted by atomic mass is 10.3. The topological polar surface area (TPSA) is 25.8 Å². The van der Waals surface area contributed by atoms with Crippen LogP contribution in [0.4, 0.5) is 0 Å². The number of nitrogens with zero attached hydrogens (tertiary/aromatic N) is 2. The summed E-state index contributed by atoms with van der Waals surface area (Å²) in [6.07, 6.45) is 1.64. The van der Waals surface area contributed by atoms with Crippen molar-refractivity contribution in [3.63, 3.8) is 0 Å². The van der Waals surface area contributed by atoms with Crippen molar-refractivity contribution in [2.75, 3.05) is 0 Å². The van der Waals surface area contributed by atoms with Crippen LogP contribution in [0.3, 0.4) is 0 Å². The second-order valence-electron chi connectivity index (χ2n) is 2.49. The molecular weight excluding hydrogens is 216 g/mol. The van der Waals surface area contributed by atoms with Gasteiger partial charge in [0.05, 0.1) is 16.7 Å². The van der Waals surface area contributed by atoms with E-state index in [0.29, 0.717) is 5.69 Å². The Hall–Kier alpha value is -0.960. The zero-order valence-corrected chi connectivity index (χ0v) is 7.87. The fourth-order valence-electron chi connectivity index (χ4n) is 1.02. The second kappa shape index (κ2) is 2.83. The highest BCUT2D eigenvalue weighted by atomic mass is 79.9. The molecule has 1 aromatic carbocycles. The molecule has 12 heavy (non-hydrogen) atoms. The number of benzene rings is 1. The number of aromatic nitrogens is 2. The van der Waals surface area contributed by atoms with Gasteiger partial charge in [-0.1, -0.05) is 15.9 Å². The molecule has 0 N–H and O–H groups in total. The van der Waals surface area contributed by atoms with Gasteiger partial charge in [0.15, 0.2) is 0 Å². The van der Waals surface area contributed by atoms with E-state index >= 15 is 0 Å². The zero-order valence-electron chi connectivity index (χ0n) is 7.29. The predicted molar refractivity (Wildman–Crippen MR) is 52.0 cm³/mol. The lowest BCUT2D eigenvalue weighted by Crippen LogP contribution is -1.86. The minimum atomic E-state index is 0.176. The molecule has 0 bridgehead atoms. The molecule has 2 aromatic rings. The van der Waals surface area contributed by atoms with Crippen LogP contribution in [0.5, 0.6) is 0 Å². The first-order valence-electron chi connectivity index (χ1n) is 4.21. The Morgan fingerprint density at radius 3 is 3.17 bits per heavy atom. The summed E-state index contributed by atoms with van der Waals surface area (Å²) in [6.45, 7) is 0.176. The monoisotopic (exact) mass is 223 g/mol. The normalized spacial score (nSPS) is 11.6. The van der Waals surface area contributed by atoms with E-state index in [0.717, 1.165) is 15.5 Å². The molecule has 1 heterocycles. The molecule has 2 rings (SSSR count). The summed E-state index contributed by atoms with van der Waals surface area (Å²) in [5.74, 6) is 0.